The van der Waals surface area contributed by atoms with Gasteiger partial charge < -0.3 is 4.74 Å². The first kappa shape index (κ1) is 14.3. The van der Waals surface area contributed by atoms with Crippen LogP contribution in [0, 0.1) is 0 Å². The van der Waals surface area contributed by atoms with E-state index in [0.29, 0.717) is 11.4 Å². The van der Waals surface area contributed by atoms with E-state index >= 15 is 0 Å². The van der Waals surface area contributed by atoms with Crippen LogP contribution in [0.15, 0.2) is 33.2 Å². The van der Waals surface area contributed by atoms with Gasteiger partial charge in [-0.1, -0.05) is 0 Å². The van der Waals surface area contributed by atoms with Gasteiger partial charge in [0.2, 0.25) is 0 Å². The lowest BCUT2D eigenvalue weighted by Gasteiger charge is -2.15. The van der Waals surface area contributed by atoms with Gasteiger partial charge in [-0.25, -0.2) is 4.90 Å². The number of hydrogen-bond acceptors (Lipinski definition) is 3. The second kappa shape index (κ2) is 5.46. The summed E-state index contributed by atoms with van der Waals surface area (Å²) in [5.74, 6) is -0.0623. The van der Waals surface area contributed by atoms with Gasteiger partial charge in [0.05, 0.1) is 11.8 Å². The van der Waals surface area contributed by atoms with Crippen LogP contribution in [0.5, 0.6) is 5.75 Å². The molecular formula is C13H11Br2NO3. The normalized spacial score (nSPS) is 15.7. The molecule has 1 aliphatic rings. The summed E-state index contributed by atoms with van der Waals surface area (Å²) in [6.45, 7) is 3.86. The second-order valence-corrected chi connectivity index (χ2v) is 5.82. The fourth-order valence-corrected chi connectivity index (χ4v) is 2.35. The van der Waals surface area contributed by atoms with Crippen LogP contribution >= 0.6 is 31.9 Å². The molecule has 0 spiro atoms. The number of imide groups is 1. The molecule has 0 radical (unpaired) electrons. The molecule has 1 aliphatic heterocycles. The third-order valence-corrected chi connectivity index (χ3v) is 4.44. The molecule has 0 bridgehead atoms. The summed E-state index contributed by atoms with van der Waals surface area (Å²) in [5, 5.41) is 0. The summed E-state index contributed by atoms with van der Waals surface area (Å²) >= 11 is 6.18. The lowest BCUT2D eigenvalue weighted by atomic mass is 10.2. The minimum absolute atomic E-state index is 0.0749. The Morgan fingerprint density at radius 2 is 1.47 bits per heavy atom. The fourth-order valence-electron chi connectivity index (χ4n) is 1.66. The summed E-state index contributed by atoms with van der Waals surface area (Å²) < 4.78 is 5.98. The van der Waals surface area contributed by atoms with Crippen LogP contribution in [-0.2, 0) is 9.59 Å². The van der Waals surface area contributed by atoms with Crippen molar-refractivity contribution in [3.05, 3.63) is 33.2 Å². The highest BCUT2D eigenvalue weighted by Gasteiger charge is 2.36. The molecule has 0 atom stereocenters. The fraction of sp³-hybridized carbons (Fsp3) is 0.231. The quantitative estimate of drug-likeness (QED) is 0.746. The zero-order valence-corrected chi connectivity index (χ0v) is 13.5. The summed E-state index contributed by atoms with van der Waals surface area (Å²) in [6.07, 6.45) is 0.0749. The van der Waals surface area contributed by atoms with Gasteiger partial charge in [-0.2, -0.15) is 0 Å². The highest BCUT2D eigenvalue weighted by molar-refractivity contribution is 9.14. The molecule has 0 aromatic heterocycles. The zero-order valence-electron chi connectivity index (χ0n) is 10.3. The number of halogens is 2. The van der Waals surface area contributed by atoms with E-state index in [1.54, 1.807) is 24.3 Å². The number of carbonyl (C=O) groups excluding carboxylic acids is 2. The van der Waals surface area contributed by atoms with Crippen LogP contribution in [0.4, 0.5) is 5.69 Å². The Morgan fingerprint density at radius 3 is 1.89 bits per heavy atom. The summed E-state index contributed by atoms with van der Waals surface area (Å²) in [5.41, 5.74) is 0.512. The standard InChI is InChI=1S/C13H11Br2NO3/c1-7(2)19-9-5-3-8(4-6-9)16-12(17)10(14)11(15)13(16)18/h3-7H,1-2H3. The van der Waals surface area contributed by atoms with E-state index in [4.69, 9.17) is 4.74 Å². The minimum Gasteiger partial charge on any atom is -0.491 e. The summed E-state index contributed by atoms with van der Waals surface area (Å²) in [7, 11) is 0. The summed E-state index contributed by atoms with van der Waals surface area (Å²) in [6, 6.07) is 6.82. The molecule has 1 aromatic rings. The molecule has 0 saturated heterocycles. The molecule has 0 aliphatic carbocycles. The van der Waals surface area contributed by atoms with Gasteiger partial charge in [-0.3, -0.25) is 9.59 Å². The van der Waals surface area contributed by atoms with Crippen LogP contribution in [0.3, 0.4) is 0 Å². The second-order valence-electron chi connectivity index (χ2n) is 4.23. The third kappa shape index (κ3) is 2.74. The van der Waals surface area contributed by atoms with Gasteiger partial charge in [0, 0.05) is 0 Å². The average Bonchev–Trinajstić information content (AvgIpc) is 2.55. The summed E-state index contributed by atoms with van der Waals surface area (Å²) in [4.78, 5) is 25.0. The van der Waals surface area contributed by atoms with E-state index in [-0.39, 0.29) is 26.9 Å². The maximum atomic E-state index is 11.9. The maximum absolute atomic E-state index is 11.9. The lowest BCUT2D eigenvalue weighted by Crippen LogP contribution is -2.30. The number of ether oxygens (including phenoxy) is 1. The SMILES string of the molecule is CC(C)Oc1ccc(N2C(=O)C(Br)=C(Br)C2=O)cc1. The highest BCUT2D eigenvalue weighted by Crippen LogP contribution is 2.33. The van der Waals surface area contributed by atoms with Crippen molar-refractivity contribution < 1.29 is 14.3 Å². The number of rotatable bonds is 3. The van der Waals surface area contributed by atoms with Crippen molar-refractivity contribution in [2.75, 3.05) is 4.90 Å². The van der Waals surface area contributed by atoms with Gasteiger partial charge >= 0.3 is 0 Å². The van der Waals surface area contributed by atoms with Crippen molar-refractivity contribution in [3.8, 4) is 5.75 Å². The van der Waals surface area contributed by atoms with E-state index in [9.17, 15) is 9.59 Å². The number of anilines is 1. The van der Waals surface area contributed by atoms with Crippen LogP contribution in [0.25, 0.3) is 0 Å². The van der Waals surface area contributed by atoms with Crippen molar-refractivity contribution in [1.82, 2.24) is 0 Å². The molecule has 2 rings (SSSR count). The number of nitrogens with zero attached hydrogens (tertiary/aromatic N) is 1. The molecule has 1 aromatic carbocycles. The molecular weight excluding hydrogens is 378 g/mol. The molecule has 0 saturated carbocycles. The number of benzene rings is 1. The molecule has 2 amide bonds. The lowest BCUT2D eigenvalue weighted by molar-refractivity contribution is -0.120. The Hall–Kier alpha value is -1.14. The molecule has 0 unspecified atom stereocenters. The van der Waals surface area contributed by atoms with Gasteiger partial charge in [0.15, 0.2) is 0 Å². The highest BCUT2D eigenvalue weighted by atomic mass is 79.9. The first-order valence-electron chi connectivity index (χ1n) is 5.62. The predicted octanol–water partition coefficient (Wildman–Crippen LogP) is 3.35. The van der Waals surface area contributed by atoms with Crippen molar-refractivity contribution >= 4 is 49.4 Å². The molecule has 100 valence electrons. The van der Waals surface area contributed by atoms with E-state index in [1.807, 2.05) is 13.8 Å². The number of amides is 2. The molecule has 0 N–H and O–H groups in total. The van der Waals surface area contributed by atoms with Gasteiger partial charge in [-0.15, -0.1) is 0 Å². The topological polar surface area (TPSA) is 46.6 Å². The smallest absolute Gasteiger partial charge is 0.273 e. The third-order valence-electron chi connectivity index (χ3n) is 2.44. The first-order valence-corrected chi connectivity index (χ1v) is 7.21. The Kier molecular flexibility index (Phi) is 4.10. The monoisotopic (exact) mass is 387 g/mol. The van der Waals surface area contributed by atoms with Crippen LogP contribution in [0.2, 0.25) is 0 Å². The maximum Gasteiger partial charge on any atom is 0.273 e. The van der Waals surface area contributed by atoms with Crippen molar-refractivity contribution in [3.63, 3.8) is 0 Å². The predicted molar refractivity (Wildman–Crippen MR) is 79.6 cm³/mol. The van der Waals surface area contributed by atoms with Crippen molar-refractivity contribution in [2.45, 2.75) is 20.0 Å². The van der Waals surface area contributed by atoms with E-state index in [0.717, 1.165) is 4.90 Å². The Balaban J connectivity index is 2.25. The largest absolute Gasteiger partial charge is 0.491 e. The van der Waals surface area contributed by atoms with Gasteiger partial charge in [-0.05, 0) is 70.0 Å². The van der Waals surface area contributed by atoms with Crippen LogP contribution in [-0.4, -0.2) is 17.9 Å². The molecule has 19 heavy (non-hydrogen) atoms. The van der Waals surface area contributed by atoms with Gasteiger partial charge in [0.1, 0.15) is 14.7 Å². The Morgan fingerprint density at radius 1 is 1.00 bits per heavy atom. The molecule has 6 heteroatoms. The minimum atomic E-state index is -0.380. The average molecular weight is 389 g/mol. The van der Waals surface area contributed by atoms with Crippen molar-refractivity contribution in [1.29, 1.82) is 0 Å². The van der Waals surface area contributed by atoms with Crippen molar-refractivity contribution in [2.24, 2.45) is 0 Å². The number of carbonyl (C=O) groups is 2. The Bertz CT molecular complexity index is 540. The number of hydrogen-bond donors (Lipinski definition) is 0. The van der Waals surface area contributed by atoms with E-state index < -0.39 is 0 Å². The van der Waals surface area contributed by atoms with Crippen LogP contribution < -0.4 is 9.64 Å². The Labute approximate surface area is 127 Å². The van der Waals surface area contributed by atoms with Gasteiger partial charge in [0.25, 0.3) is 11.8 Å². The molecule has 0 fully saturated rings. The first-order chi connectivity index (χ1) is 8.91. The zero-order chi connectivity index (χ0) is 14.2. The van der Waals surface area contributed by atoms with Crippen LogP contribution in [0.1, 0.15) is 13.8 Å². The molecule has 4 nitrogen and oxygen atoms in total. The van der Waals surface area contributed by atoms with E-state index in [1.165, 1.54) is 0 Å². The molecule has 1 heterocycles. The van der Waals surface area contributed by atoms with E-state index in [2.05, 4.69) is 31.9 Å².